The van der Waals surface area contributed by atoms with E-state index in [1.807, 2.05) is 24.3 Å². The van der Waals surface area contributed by atoms with Gasteiger partial charge in [0.2, 0.25) is 5.91 Å². The SMILES string of the molecule is NC(=O)CNc1ccc(CC2CCOC2=O)cc1. The molecule has 1 saturated heterocycles. The highest BCUT2D eigenvalue weighted by Gasteiger charge is 2.26. The molecule has 1 heterocycles. The minimum atomic E-state index is -0.396. The third-order valence-corrected chi connectivity index (χ3v) is 2.95. The number of esters is 1. The van der Waals surface area contributed by atoms with Gasteiger partial charge in [-0.1, -0.05) is 12.1 Å². The molecule has 96 valence electrons. The molecule has 0 aromatic heterocycles. The van der Waals surface area contributed by atoms with Gasteiger partial charge in [-0.15, -0.1) is 0 Å². The lowest BCUT2D eigenvalue weighted by molar-refractivity contribution is -0.141. The molecule has 1 aromatic carbocycles. The van der Waals surface area contributed by atoms with E-state index in [1.54, 1.807) is 0 Å². The van der Waals surface area contributed by atoms with Gasteiger partial charge in [0.1, 0.15) is 0 Å². The Hall–Kier alpha value is -2.04. The maximum atomic E-state index is 11.3. The zero-order chi connectivity index (χ0) is 13.0. The summed E-state index contributed by atoms with van der Waals surface area (Å²) in [7, 11) is 0. The van der Waals surface area contributed by atoms with Crippen LogP contribution >= 0.6 is 0 Å². The van der Waals surface area contributed by atoms with Gasteiger partial charge in [0.15, 0.2) is 0 Å². The van der Waals surface area contributed by atoms with Crippen molar-refractivity contribution in [3.05, 3.63) is 29.8 Å². The zero-order valence-electron chi connectivity index (χ0n) is 10.0. The summed E-state index contributed by atoms with van der Waals surface area (Å²) in [6.07, 6.45) is 1.50. The Balaban J connectivity index is 1.91. The third-order valence-electron chi connectivity index (χ3n) is 2.95. The highest BCUT2D eigenvalue weighted by molar-refractivity contribution is 5.78. The molecule has 5 heteroatoms. The van der Waals surface area contributed by atoms with Crippen LogP contribution in [0.2, 0.25) is 0 Å². The van der Waals surface area contributed by atoms with Crippen molar-refractivity contribution >= 4 is 17.6 Å². The fraction of sp³-hybridized carbons (Fsp3) is 0.385. The quantitative estimate of drug-likeness (QED) is 0.751. The van der Waals surface area contributed by atoms with Crippen LogP contribution in [-0.2, 0) is 20.7 Å². The van der Waals surface area contributed by atoms with Crippen molar-refractivity contribution in [2.45, 2.75) is 12.8 Å². The molecule has 0 aliphatic carbocycles. The van der Waals surface area contributed by atoms with E-state index in [1.165, 1.54) is 0 Å². The van der Waals surface area contributed by atoms with Crippen LogP contribution in [0.15, 0.2) is 24.3 Å². The lowest BCUT2D eigenvalue weighted by atomic mass is 9.98. The number of carbonyl (C=O) groups is 2. The lowest BCUT2D eigenvalue weighted by Gasteiger charge is -2.07. The summed E-state index contributed by atoms with van der Waals surface area (Å²) in [4.78, 5) is 22.0. The van der Waals surface area contributed by atoms with Gasteiger partial charge >= 0.3 is 5.97 Å². The molecule has 0 spiro atoms. The van der Waals surface area contributed by atoms with E-state index in [0.717, 1.165) is 17.7 Å². The average molecular weight is 248 g/mol. The second-order valence-electron chi connectivity index (χ2n) is 4.37. The minimum absolute atomic E-state index is 0.0190. The molecular weight excluding hydrogens is 232 g/mol. The fourth-order valence-electron chi connectivity index (χ4n) is 1.96. The third kappa shape index (κ3) is 3.23. The monoisotopic (exact) mass is 248 g/mol. The molecule has 1 atom stereocenters. The van der Waals surface area contributed by atoms with E-state index in [2.05, 4.69) is 5.32 Å². The molecule has 0 saturated carbocycles. The normalized spacial score (nSPS) is 18.4. The average Bonchev–Trinajstić information content (AvgIpc) is 2.74. The Morgan fingerprint density at radius 1 is 1.39 bits per heavy atom. The summed E-state index contributed by atoms with van der Waals surface area (Å²) >= 11 is 0. The Kier molecular flexibility index (Phi) is 3.82. The molecule has 1 aromatic rings. The highest BCUT2D eigenvalue weighted by atomic mass is 16.5. The van der Waals surface area contributed by atoms with Crippen molar-refractivity contribution in [3.63, 3.8) is 0 Å². The summed E-state index contributed by atoms with van der Waals surface area (Å²) in [5, 5.41) is 2.91. The summed E-state index contributed by atoms with van der Waals surface area (Å²) in [6.45, 7) is 0.649. The van der Waals surface area contributed by atoms with Crippen LogP contribution < -0.4 is 11.1 Å². The molecule has 18 heavy (non-hydrogen) atoms. The number of nitrogens with two attached hydrogens (primary N) is 1. The lowest BCUT2D eigenvalue weighted by Crippen LogP contribution is -2.21. The number of hydrogen-bond acceptors (Lipinski definition) is 4. The number of benzene rings is 1. The minimum Gasteiger partial charge on any atom is -0.465 e. The number of nitrogens with one attached hydrogen (secondary N) is 1. The van der Waals surface area contributed by atoms with Crippen molar-refractivity contribution in [2.24, 2.45) is 11.7 Å². The number of anilines is 1. The molecule has 1 amide bonds. The first kappa shape index (κ1) is 12.4. The highest BCUT2D eigenvalue weighted by Crippen LogP contribution is 2.20. The Labute approximate surface area is 105 Å². The van der Waals surface area contributed by atoms with Crippen LogP contribution in [0.1, 0.15) is 12.0 Å². The number of primary amides is 1. The summed E-state index contributed by atoms with van der Waals surface area (Å²) < 4.78 is 4.92. The van der Waals surface area contributed by atoms with Crippen LogP contribution in [0, 0.1) is 5.92 Å². The predicted octanol–water partition coefficient (Wildman–Crippen LogP) is 0.689. The maximum absolute atomic E-state index is 11.3. The van der Waals surface area contributed by atoms with Crippen molar-refractivity contribution < 1.29 is 14.3 Å². The van der Waals surface area contributed by atoms with Gasteiger partial charge in [-0.25, -0.2) is 0 Å². The molecule has 1 unspecified atom stereocenters. The Morgan fingerprint density at radius 2 is 2.11 bits per heavy atom. The molecule has 1 aliphatic rings. The van der Waals surface area contributed by atoms with E-state index in [9.17, 15) is 9.59 Å². The van der Waals surface area contributed by atoms with Crippen LogP contribution in [0.4, 0.5) is 5.69 Å². The van der Waals surface area contributed by atoms with E-state index in [4.69, 9.17) is 10.5 Å². The van der Waals surface area contributed by atoms with Crippen molar-refractivity contribution in [1.29, 1.82) is 0 Å². The Morgan fingerprint density at radius 3 is 2.67 bits per heavy atom. The van der Waals surface area contributed by atoms with Crippen LogP contribution in [0.25, 0.3) is 0 Å². The van der Waals surface area contributed by atoms with Crippen LogP contribution in [0.5, 0.6) is 0 Å². The van der Waals surface area contributed by atoms with E-state index >= 15 is 0 Å². The molecule has 2 rings (SSSR count). The van der Waals surface area contributed by atoms with E-state index in [0.29, 0.717) is 13.0 Å². The van der Waals surface area contributed by atoms with Gasteiger partial charge in [0, 0.05) is 5.69 Å². The standard InChI is InChI=1S/C13H16N2O3/c14-12(16)8-15-11-3-1-9(2-4-11)7-10-5-6-18-13(10)17/h1-4,10,15H,5-8H2,(H2,14,16). The number of amides is 1. The molecule has 0 radical (unpaired) electrons. The first-order chi connectivity index (χ1) is 8.65. The molecule has 1 fully saturated rings. The number of ether oxygens (including phenoxy) is 1. The maximum Gasteiger partial charge on any atom is 0.309 e. The number of rotatable bonds is 5. The summed E-state index contributed by atoms with van der Waals surface area (Å²) in [6, 6.07) is 7.63. The smallest absolute Gasteiger partial charge is 0.309 e. The molecule has 5 nitrogen and oxygen atoms in total. The van der Waals surface area contributed by atoms with Crippen molar-refractivity contribution in [2.75, 3.05) is 18.5 Å². The molecule has 0 bridgehead atoms. The van der Waals surface area contributed by atoms with Gasteiger partial charge in [-0.3, -0.25) is 9.59 Å². The first-order valence-electron chi connectivity index (χ1n) is 5.93. The van der Waals surface area contributed by atoms with Gasteiger partial charge in [0.05, 0.1) is 19.1 Å². The predicted molar refractivity (Wildman–Crippen MR) is 66.9 cm³/mol. The van der Waals surface area contributed by atoms with Crippen LogP contribution in [-0.4, -0.2) is 25.0 Å². The largest absolute Gasteiger partial charge is 0.465 e. The number of cyclic esters (lactones) is 1. The van der Waals surface area contributed by atoms with Crippen molar-refractivity contribution in [1.82, 2.24) is 0 Å². The molecular formula is C13H16N2O3. The van der Waals surface area contributed by atoms with E-state index in [-0.39, 0.29) is 18.4 Å². The van der Waals surface area contributed by atoms with Gasteiger partial charge < -0.3 is 15.8 Å². The summed E-state index contributed by atoms with van der Waals surface area (Å²) in [5.41, 5.74) is 6.97. The number of carbonyl (C=O) groups excluding carboxylic acids is 2. The first-order valence-corrected chi connectivity index (χ1v) is 5.93. The number of hydrogen-bond donors (Lipinski definition) is 2. The Bertz CT molecular complexity index is 442. The summed E-state index contributed by atoms with van der Waals surface area (Å²) in [5.74, 6) is -0.520. The topological polar surface area (TPSA) is 81.4 Å². The molecule has 3 N–H and O–H groups in total. The van der Waals surface area contributed by atoms with Gasteiger partial charge in [-0.05, 0) is 30.5 Å². The van der Waals surface area contributed by atoms with E-state index < -0.39 is 5.91 Å². The van der Waals surface area contributed by atoms with Crippen molar-refractivity contribution in [3.8, 4) is 0 Å². The van der Waals surface area contributed by atoms with Gasteiger partial charge in [0.25, 0.3) is 0 Å². The van der Waals surface area contributed by atoms with Gasteiger partial charge in [-0.2, -0.15) is 0 Å². The zero-order valence-corrected chi connectivity index (χ0v) is 10.0. The second-order valence-corrected chi connectivity index (χ2v) is 4.37. The second kappa shape index (κ2) is 5.53. The molecule has 1 aliphatic heterocycles. The van der Waals surface area contributed by atoms with Crippen LogP contribution in [0.3, 0.4) is 0 Å². The fourth-order valence-corrected chi connectivity index (χ4v) is 1.96.